The van der Waals surface area contributed by atoms with Gasteiger partial charge in [0.15, 0.2) is 0 Å². The molecule has 0 fully saturated rings. The average Bonchev–Trinajstić information content (AvgIpc) is 2.04. The number of hydrogen-bond donors (Lipinski definition) is 2. The Labute approximate surface area is 77.3 Å². The van der Waals surface area contributed by atoms with Gasteiger partial charge in [0.2, 0.25) is 0 Å². The van der Waals surface area contributed by atoms with E-state index in [2.05, 4.69) is 5.32 Å². The van der Waals surface area contributed by atoms with Gasteiger partial charge in [-0.2, -0.15) is 0 Å². The van der Waals surface area contributed by atoms with Crippen LogP contribution in [0, 0.1) is 6.92 Å². The lowest BCUT2D eigenvalue weighted by atomic mass is 10.2. The van der Waals surface area contributed by atoms with Gasteiger partial charge in [-0.1, -0.05) is 12.1 Å². The highest BCUT2D eigenvalue weighted by Gasteiger charge is 2.03. The second-order valence-corrected chi connectivity index (χ2v) is 2.91. The zero-order valence-corrected chi connectivity index (χ0v) is 7.74. The molecule has 0 aliphatic heterocycles. The van der Waals surface area contributed by atoms with E-state index in [-0.39, 0.29) is 6.03 Å². The van der Waals surface area contributed by atoms with Crippen molar-refractivity contribution >= 4 is 11.7 Å². The summed E-state index contributed by atoms with van der Waals surface area (Å²) < 4.78 is 0. The number of anilines is 1. The standard InChI is InChI=1S/C9H13N3O/c1-7-4-3-5-8(6-7)11-9(13)12(2)10/h3-6H,10H2,1-2H3,(H,11,13). The molecule has 0 aliphatic carbocycles. The van der Waals surface area contributed by atoms with Crippen molar-refractivity contribution in [1.82, 2.24) is 5.01 Å². The number of nitrogens with zero attached hydrogens (tertiary/aromatic N) is 1. The zero-order chi connectivity index (χ0) is 9.84. The van der Waals surface area contributed by atoms with Crippen molar-refractivity contribution in [1.29, 1.82) is 0 Å². The molecule has 4 heteroatoms. The van der Waals surface area contributed by atoms with Gasteiger partial charge in [0.25, 0.3) is 0 Å². The molecular weight excluding hydrogens is 166 g/mol. The molecule has 0 unspecified atom stereocenters. The van der Waals surface area contributed by atoms with Crippen LogP contribution >= 0.6 is 0 Å². The highest BCUT2D eigenvalue weighted by atomic mass is 16.2. The molecule has 0 aromatic heterocycles. The highest BCUT2D eigenvalue weighted by molar-refractivity contribution is 5.88. The van der Waals surface area contributed by atoms with Gasteiger partial charge in [0.1, 0.15) is 0 Å². The number of urea groups is 1. The van der Waals surface area contributed by atoms with E-state index in [9.17, 15) is 4.79 Å². The summed E-state index contributed by atoms with van der Waals surface area (Å²) in [6.45, 7) is 1.96. The molecular formula is C9H13N3O. The molecule has 2 amide bonds. The van der Waals surface area contributed by atoms with E-state index >= 15 is 0 Å². The van der Waals surface area contributed by atoms with E-state index in [1.54, 1.807) is 0 Å². The zero-order valence-electron chi connectivity index (χ0n) is 7.74. The summed E-state index contributed by atoms with van der Waals surface area (Å²) in [7, 11) is 1.49. The number of hydrazine groups is 1. The second kappa shape index (κ2) is 3.91. The first-order chi connectivity index (χ1) is 6.09. The van der Waals surface area contributed by atoms with Crippen molar-refractivity contribution in [2.75, 3.05) is 12.4 Å². The van der Waals surface area contributed by atoms with Crippen molar-refractivity contribution in [3.8, 4) is 0 Å². The van der Waals surface area contributed by atoms with Crippen LogP contribution in [0.2, 0.25) is 0 Å². The normalized spacial score (nSPS) is 9.46. The molecule has 1 aromatic carbocycles. The predicted octanol–water partition coefficient (Wildman–Crippen LogP) is 1.33. The first-order valence-electron chi connectivity index (χ1n) is 3.95. The van der Waals surface area contributed by atoms with Crippen molar-refractivity contribution in [2.24, 2.45) is 5.84 Å². The van der Waals surface area contributed by atoms with Gasteiger partial charge in [-0.15, -0.1) is 0 Å². The number of benzene rings is 1. The maximum atomic E-state index is 11.1. The third kappa shape index (κ3) is 2.76. The van der Waals surface area contributed by atoms with Gasteiger partial charge < -0.3 is 5.32 Å². The Balaban J connectivity index is 2.69. The molecule has 0 saturated carbocycles. The number of amides is 2. The van der Waals surface area contributed by atoms with Crippen molar-refractivity contribution in [3.05, 3.63) is 29.8 Å². The number of rotatable bonds is 1. The summed E-state index contributed by atoms with van der Waals surface area (Å²) in [6, 6.07) is 7.20. The molecule has 0 radical (unpaired) electrons. The Morgan fingerprint density at radius 1 is 1.54 bits per heavy atom. The van der Waals surface area contributed by atoms with E-state index < -0.39 is 0 Å². The van der Waals surface area contributed by atoms with Crippen LogP contribution in [0.1, 0.15) is 5.56 Å². The van der Waals surface area contributed by atoms with Crippen LogP contribution in [0.25, 0.3) is 0 Å². The van der Waals surface area contributed by atoms with Crippen LogP contribution in [-0.2, 0) is 0 Å². The fourth-order valence-corrected chi connectivity index (χ4v) is 0.934. The molecule has 0 atom stereocenters. The molecule has 1 aromatic rings. The minimum absolute atomic E-state index is 0.328. The molecule has 0 bridgehead atoms. The number of nitrogens with one attached hydrogen (secondary N) is 1. The molecule has 13 heavy (non-hydrogen) atoms. The quantitative estimate of drug-likeness (QED) is 0.388. The number of hydrogen-bond acceptors (Lipinski definition) is 2. The first kappa shape index (κ1) is 9.54. The topological polar surface area (TPSA) is 58.4 Å². The monoisotopic (exact) mass is 179 g/mol. The summed E-state index contributed by atoms with van der Waals surface area (Å²) >= 11 is 0. The molecule has 3 N–H and O–H groups in total. The average molecular weight is 179 g/mol. The summed E-state index contributed by atoms with van der Waals surface area (Å²) in [6.07, 6.45) is 0. The Bertz CT molecular complexity index is 309. The van der Waals surface area contributed by atoms with Gasteiger partial charge in [0, 0.05) is 12.7 Å². The number of nitrogens with two attached hydrogens (primary N) is 1. The van der Waals surface area contributed by atoms with Gasteiger partial charge in [-0.25, -0.2) is 10.6 Å². The molecule has 0 saturated heterocycles. The van der Waals surface area contributed by atoms with Gasteiger partial charge in [-0.3, -0.25) is 5.01 Å². The van der Waals surface area contributed by atoms with Crippen molar-refractivity contribution in [3.63, 3.8) is 0 Å². The third-order valence-corrected chi connectivity index (χ3v) is 1.59. The largest absolute Gasteiger partial charge is 0.335 e. The van der Waals surface area contributed by atoms with Crippen molar-refractivity contribution < 1.29 is 4.79 Å². The Hall–Kier alpha value is -1.55. The minimum Gasteiger partial charge on any atom is -0.307 e. The highest BCUT2D eigenvalue weighted by Crippen LogP contribution is 2.09. The predicted molar refractivity (Wildman–Crippen MR) is 52.1 cm³/mol. The summed E-state index contributed by atoms with van der Waals surface area (Å²) in [5.74, 6) is 5.24. The second-order valence-electron chi connectivity index (χ2n) is 2.91. The van der Waals surface area contributed by atoms with E-state index in [0.717, 1.165) is 16.3 Å². The SMILES string of the molecule is Cc1cccc(NC(=O)N(C)N)c1. The van der Waals surface area contributed by atoms with Gasteiger partial charge in [-0.05, 0) is 24.6 Å². The van der Waals surface area contributed by atoms with Crippen LogP contribution in [0.4, 0.5) is 10.5 Å². The lowest BCUT2D eigenvalue weighted by Gasteiger charge is -2.11. The van der Waals surface area contributed by atoms with Crippen molar-refractivity contribution in [2.45, 2.75) is 6.92 Å². The summed E-state index contributed by atoms with van der Waals surface area (Å²) in [4.78, 5) is 11.1. The van der Waals surface area contributed by atoms with Gasteiger partial charge in [0.05, 0.1) is 0 Å². The van der Waals surface area contributed by atoms with E-state index in [0.29, 0.717) is 0 Å². The number of carbonyl (C=O) groups excluding carboxylic acids is 1. The minimum atomic E-state index is -0.328. The Morgan fingerprint density at radius 2 is 2.23 bits per heavy atom. The number of carbonyl (C=O) groups is 1. The van der Waals surface area contributed by atoms with Crippen LogP contribution in [0.3, 0.4) is 0 Å². The Morgan fingerprint density at radius 3 is 2.77 bits per heavy atom. The lowest BCUT2D eigenvalue weighted by molar-refractivity contribution is 0.223. The number of aryl methyl sites for hydroxylation is 1. The molecule has 70 valence electrons. The van der Waals surface area contributed by atoms with E-state index in [1.165, 1.54) is 7.05 Å². The fraction of sp³-hybridized carbons (Fsp3) is 0.222. The maximum absolute atomic E-state index is 11.1. The lowest BCUT2D eigenvalue weighted by Crippen LogP contribution is -2.36. The van der Waals surface area contributed by atoms with Crippen LogP contribution < -0.4 is 11.2 Å². The molecule has 0 aliphatic rings. The summed E-state index contributed by atoms with van der Waals surface area (Å²) in [5, 5.41) is 3.65. The molecule has 4 nitrogen and oxygen atoms in total. The fourth-order valence-electron chi connectivity index (χ4n) is 0.934. The molecule has 1 rings (SSSR count). The Kier molecular flexibility index (Phi) is 2.87. The van der Waals surface area contributed by atoms with Crippen LogP contribution in [0.15, 0.2) is 24.3 Å². The van der Waals surface area contributed by atoms with Crippen LogP contribution in [0.5, 0.6) is 0 Å². The molecule has 0 heterocycles. The first-order valence-corrected chi connectivity index (χ1v) is 3.95. The van der Waals surface area contributed by atoms with E-state index in [4.69, 9.17) is 5.84 Å². The van der Waals surface area contributed by atoms with E-state index in [1.807, 2.05) is 31.2 Å². The maximum Gasteiger partial charge on any atom is 0.335 e. The van der Waals surface area contributed by atoms with Crippen LogP contribution in [-0.4, -0.2) is 18.1 Å². The van der Waals surface area contributed by atoms with Gasteiger partial charge >= 0.3 is 6.03 Å². The summed E-state index contributed by atoms with van der Waals surface area (Å²) in [5.41, 5.74) is 1.85. The third-order valence-electron chi connectivity index (χ3n) is 1.59. The molecule has 0 spiro atoms. The smallest absolute Gasteiger partial charge is 0.307 e.